The highest BCUT2D eigenvalue weighted by Gasteiger charge is 2.27. The Morgan fingerprint density at radius 3 is 2.00 bits per heavy atom. The van der Waals surface area contributed by atoms with Gasteiger partial charge in [-0.25, -0.2) is 17.9 Å². The van der Waals surface area contributed by atoms with Gasteiger partial charge in [-0.2, -0.15) is 0 Å². The first-order chi connectivity index (χ1) is 14.1. The fourth-order valence-corrected chi connectivity index (χ4v) is 5.70. The Kier molecular flexibility index (Phi) is 6.75. The number of benzene rings is 1. The maximum absolute atomic E-state index is 12.5. The molecule has 0 fully saturated rings. The van der Waals surface area contributed by atoms with Crippen LogP contribution in [0.25, 0.3) is 0 Å². The van der Waals surface area contributed by atoms with E-state index in [1.165, 1.54) is 11.1 Å². The number of nitrogens with one attached hydrogen (secondary N) is 2. The normalized spacial score (nSPS) is 15.3. The first-order valence-electron chi connectivity index (χ1n) is 10.9. The van der Waals surface area contributed by atoms with Crippen LogP contribution in [-0.2, 0) is 40.5 Å². The van der Waals surface area contributed by atoms with Gasteiger partial charge in [0.05, 0.1) is 5.75 Å². The van der Waals surface area contributed by atoms with E-state index in [9.17, 15) is 18.0 Å². The van der Waals surface area contributed by atoms with Crippen molar-refractivity contribution in [3.8, 4) is 0 Å². The average Bonchev–Trinajstić information content (AvgIpc) is 3.27. The molecule has 7 nitrogen and oxygen atoms in total. The summed E-state index contributed by atoms with van der Waals surface area (Å²) in [6.45, 7) is 7.59. The smallest absolute Gasteiger partial charge is 0.332 e. The zero-order valence-electron chi connectivity index (χ0n) is 18.4. The maximum atomic E-state index is 12.5. The lowest BCUT2D eigenvalue weighted by atomic mass is 9.99. The van der Waals surface area contributed by atoms with Crippen LogP contribution in [0, 0.1) is 0 Å². The zero-order chi connectivity index (χ0) is 22.1. The van der Waals surface area contributed by atoms with Gasteiger partial charge in [-0.15, -0.1) is 0 Å². The molecule has 0 aromatic heterocycles. The quantitative estimate of drug-likeness (QED) is 0.688. The summed E-state index contributed by atoms with van der Waals surface area (Å²) in [6, 6.07) is 1.48. The Bertz CT molecular complexity index is 898. The van der Waals surface area contributed by atoms with Crippen LogP contribution < -0.4 is 10.0 Å². The highest BCUT2D eigenvalue weighted by Crippen LogP contribution is 2.38. The van der Waals surface area contributed by atoms with Crippen molar-refractivity contribution in [1.82, 2.24) is 9.62 Å². The number of aryl methyl sites for hydroxylation is 2. The van der Waals surface area contributed by atoms with E-state index in [2.05, 4.69) is 16.1 Å². The number of hydrogen-bond acceptors (Lipinski definition) is 4. The molecule has 0 heterocycles. The highest BCUT2D eigenvalue weighted by atomic mass is 32.2. The molecule has 2 N–H and O–H groups in total. The van der Waals surface area contributed by atoms with Crippen molar-refractivity contribution in [2.45, 2.75) is 84.7 Å². The number of hydrogen-bond donors (Lipinski definition) is 2. The van der Waals surface area contributed by atoms with E-state index in [0.717, 1.165) is 55.3 Å². The Morgan fingerprint density at radius 2 is 1.50 bits per heavy atom. The number of nitrogens with zero attached hydrogens (tertiary/aromatic N) is 1. The van der Waals surface area contributed by atoms with Gasteiger partial charge in [0.15, 0.2) is 0 Å². The average molecular weight is 436 g/mol. The van der Waals surface area contributed by atoms with Crippen LogP contribution in [0.2, 0.25) is 0 Å². The Balaban J connectivity index is 1.65. The van der Waals surface area contributed by atoms with E-state index >= 15 is 0 Å². The van der Waals surface area contributed by atoms with Crippen molar-refractivity contribution in [3.05, 3.63) is 28.3 Å². The largest absolute Gasteiger partial charge is 0.338 e. The molecule has 1 aromatic carbocycles. The molecule has 0 saturated heterocycles. The van der Waals surface area contributed by atoms with E-state index in [1.807, 2.05) is 27.7 Å². The molecule has 0 aliphatic heterocycles. The van der Waals surface area contributed by atoms with Gasteiger partial charge >= 0.3 is 6.03 Å². The van der Waals surface area contributed by atoms with Crippen molar-refractivity contribution in [2.24, 2.45) is 0 Å². The molecular weight excluding hydrogens is 402 g/mol. The third-order valence-corrected chi connectivity index (χ3v) is 7.18. The van der Waals surface area contributed by atoms with E-state index in [1.54, 1.807) is 4.90 Å². The molecular formula is C22H33N3O4S. The second-order valence-corrected chi connectivity index (χ2v) is 10.7. The summed E-state index contributed by atoms with van der Waals surface area (Å²) in [6.07, 6.45) is 5.76. The van der Waals surface area contributed by atoms with E-state index in [0.29, 0.717) is 0 Å². The predicted molar refractivity (Wildman–Crippen MR) is 118 cm³/mol. The lowest BCUT2D eigenvalue weighted by molar-refractivity contribution is -0.134. The molecule has 0 radical (unpaired) electrons. The summed E-state index contributed by atoms with van der Waals surface area (Å²) in [5.74, 6) is -0.648. The van der Waals surface area contributed by atoms with Crippen molar-refractivity contribution < 1.29 is 18.0 Å². The summed E-state index contributed by atoms with van der Waals surface area (Å²) in [7, 11) is -3.92. The Hall–Kier alpha value is -2.09. The lowest BCUT2D eigenvalue weighted by Crippen LogP contribution is -2.43. The van der Waals surface area contributed by atoms with Gasteiger partial charge in [0.25, 0.3) is 0 Å². The van der Waals surface area contributed by atoms with Crippen LogP contribution >= 0.6 is 0 Å². The van der Waals surface area contributed by atoms with E-state index in [-0.39, 0.29) is 24.4 Å². The molecule has 8 heteroatoms. The van der Waals surface area contributed by atoms with Gasteiger partial charge in [0.1, 0.15) is 0 Å². The summed E-state index contributed by atoms with van der Waals surface area (Å²) in [4.78, 5) is 26.6. The van der Waals surface area contributed by atoms with Crippen LogP contribution in [0.4, 0.5) is 10.5 Å². The first-order valence-corrected chi connectivity index (χ1v) is 12.5. The SMILES string of the molecule is CC(C)N(C(=O)CCS(=O)(=O)NC(=O)Nc1c2c(cc3c1CCC3)CCC2)C(C)C. The van der Waals surface area contributed by atoms with Gasteiger partial charge in [0, 0.05) is 24.2 Å². The van der Waals surface area contributed by atoms with Crippen LogP contribution in [0.15, 0.2) is 6.07 Å². The van der Waals surface area contributed by atoms with Crippen LogP contribution in [-0.4, -0.2) is 43.1 Å². The molecule has 0 unspecified atom stereocenters. The number of rotatable bonds is 7. The topological polar surface area (TPSA) is 95.6 Å². The predicted octanol–water partition coefficient (Wildman–Crippen LogP) is 3.15. The number of carbonyl (C=O) groups is 2. The highest BCUT2D eigenvalue weighted by molar-refractivity contribution is 7.90. The third kappa shape index (κ3) is 4.96. The summed E-state index contributed by atoms with van der Waals surface area (Å²) in [5, 5.41) is 2.82. The second-order valence-electron chi connectivity index (χ2n) is 8.85. The molecule has 0 saturated carbocycles. The fourth-order valence-electron chi connectivity index (χ4n) is 4.82. The Labute approximate surface area is 179 Å². The minimum atomic E-state index is -3.92. The maximum Gasteiger partial charge on any atom is 0.332 e. The van der Waals surface area contributed by atoms with Crippen LogP contribution in [0.5, 0.6) is 0 Å². The number of sulfonamides is 1. The van der Waals surface area contributed by atoms with Gasteiger partial charge < -0.3 is 10.2 Å². The number of urea groups is 1. The van der Waals surface area contributed by atoms with Crippen LogP contribution in [0.1, 0.15) is 69.2 Å². The lowest BCUT2D eigenvalue weighted by Gasteiger charge is -2.30. The molecule has 166 valence electrons. The molecule has 0 atom stereocenters. The van der Waals surface area contributed by atoms with Crippen molar-refractivity contribution in [3.63, 3.8) is 0 Å². The standard InChI is InChI=1S/C22H33N3O4S/c1-14(2)25(15(3)4)20(26)11-12-30(28,29)24-22(27)23-21-18-9-5-7-16(18)13-17-8-6-10-19(17)21/h13-15H,5-12H2,1-4H3,(H2,23,24,27). The minimum Gasteiger partial charge on any atom is -0.338 e. The van der Waals surface area contributed by atoms with E-state index < -0.39 is 21.8 Å². The third-order valence-electron chi connectivity index (χ3n) is 5.95. The summed E-state index contributed by atoms with van der Waals surface area (Å²) < 4.78 is 26.9. The molecule has 0 spiro atoms. The molecule has 2 aliphatic carbocycles. The molecule has 30 heavy (non-hydrogen) atoms. The van der Waals surface area contributed by atoms with Crippen molar-refractivity contribution in [1.29, 1.82) is 0 Å². The fraction of sp³-hybridized carbons (Fsp3) is 0.636. The number of carbonyl (C=O) groups excluding carboxylic acids is 2. The molecule has 3 rings (SSSR count). The monoisotopic (exact) mass is 435 g/mol. The number of anilines is 1. The van der Waals surface area contributed by atoms with E-state index in [4.69, 9.17) is 0 Å². The number of amides is 3. The minimum absolute atomic E-state index is 0.0151. The zero-order valence-corrected chi connectivity index (χ0v) is 19.2. The van der Waals surface area contributed by atoms with Gasteiger partial charge in [-0.05, 0) is 88.5 Å². The number of fused-ring (bicyclic) bond motifs is 2. The molecule has 2 aliphatic rings. The van der Waals surface area contributed by atoms with Gasteiger partial charge in [-0.1, -0.05) is 6.07 Å². The van der Waals surface area contributed by atoms with Crippen molar-refractivity contribution >= 4 is 27.6 Å². The van der Waals surface area contributed by atoms with Crippen LogP contribution in [0.3, 0.4) is 0 Å². The summed E-state index contributed by atoms with van der Waals surface area (Å²) in [5.41, 5.74) is 5.61. The summed E-state index contributed by atoms with van der Waals surface area (Å²) >= 11 is 0. The molecule has 0 bridgehead atoms. The van der Waals surface area contributed by atoms with Gasteiger partial charge in [-0.3, -0.25) is 4.79 Å². The molecule has 3 amide bonds. The first kappa shape index (κ1) is 22.6. The second kappa shape index (κ2) is 8.96. The van der Waals surface area contributed by atoms with Crippen molar-refractivity contribution in [2.75, 3.05) is 11.1 Å². The molecule has 1 aromatic rings. The van der Waals surface area contributed by atoms with Gasteiger partial charge in [0.2, 0.25) is 15.9 Å². The Morgan fingerprint density at radius 1 is 0.967 bits per heavy atom.